The first kappa shape index (κ1) is 21.9. The van der Waals surface area contributed by atoms with Gasteiger partial charge in [-0.1, -0.05) is 65.1 Å². The maximum atomic E-state index is 12.3. The highest BCUT2D eigenvalue weighted by Gasteiger charge is 2.26. The lowest BCUT2D eigenvalue weighted by Crippen LogP contribution is -2.25. The van der Waals surface area contributed by atoms with Crippen molar-refractivity contribution in [3.8, 4) is 11.5 Å². The second kappa shape index (κ2) is 10.3. The first-order valence-electron chi connectivity index (χ1n) is 9.85. The van der Waals surface area contributed by atoms with Gasteiger partial charge in [-0.2, -0.15) is 0 Å². The minimum Gasteiger partial charge on any atom is -0.591 e. The van der Waals surface area contributed by atoms with Crippen LogP contribution in [-0.2, 0) is 24.6 Å². The third-order valence-corrected chi connectivity index (χ3v) is 5.63. The molecule has 0 saturated heterocycles. The van der Waals surface area contributed by atoms with Gasteiger partial charge < -0.3 is 14.0 Å². The molecule has 30 heavy (non-hydrogen) atoms. The van der Waals surface area contributed by atoms with Gasteiger partial charge in [0.25, 0.3) is 0 Å². The molecule has 0 aromatic heterocycles. The standard InChI is InChI=1S/C25H27NO3S/c1-25(2,3)30(27)26-17-22-14-15-23(28-18-20-10-6-4-7-11-20)16-24(22)29-19-21-12-8-5-9-13-21/h4-17H,18-19H2,1-3H3. The van der Waals surface area contributed by atoms with E-state index in [1.54, 1.807) is 6.21 Å². The summed E-state index contributed by atoms with van der Waals surface area (Å²) in [5.41, 5.74) is 2.92. The minimum absolute atomic E-state index is 0.416. The normalized spacial score (nSPS) is 12.7. The number of benzene rings is 3. The van der Waals surface area contributed by atoms with Gasteiger partial charge in [-0.25, -0.2) is 0 Å². The van der Waals surface area contributed by atoms with Crippen molar-refractivity contribution in [3.63, 3.8) is 0 Å². The van der Waals surface area contributed by atoms with Crippen molar-refractivity contribution in [2.45, 2.75) is 38.7 Å². The molecule has 3 aromatic rings. The summed E-state index contributed by atoms with van der Waals surface area (Å²) in [6.45, 7) is 6.59. The monoisotopic (exact) mass is 421 g/mol. The van der Waals surface area contributed by atoms with Gasteiger partial charge in [-0.3, -0.25) is 0 Å². The van der Waals surface area contributed by atoms with E-state index >= 15 is 0 Å². The molecule has 1 atom stereocenters. The molecule has 0 fully saturated rings. The van der Waals surface area contributed by atoms with Gasteiger partial charge in [0.1, 0.15) is 40.8 Å². The van der Waals surface area contributed by atoms with Crippen LogP contribution in [0, 0.1) is 0 Å². The first-order valence-corrected chi connectivity index (χ1v) is 11.0. The molecule has 4 nitrogen and oxygen atoms in total. The molecule has 0 aliphatic heterocycles. The molecule has 0 amide bonds. The van der Waals surface area contributed by atoms with Crippen LogP contribution < -0.4 is 9.47 Å². The molecule has 0 N–H and O–H groups in total. The first-order chi connectivity index (χ1) is 14.4. The van der Waals surface area contributed by atoms with Gasteiger partial charge in [0.2, 0.25) is 0 Å². The molecule has 0 saturated carbocycles. The summed E-state index contributed by atoms with van der Waals surface area (Å²) in [4.78, 5) is 0. The Hall–Kier alpha value is -2.76. The summed E-state index contributed by atoms with van der Waals surface area (Å²) in [5, 5.41) is 0. The van der Waals surface area contributed by atoms with Gasteiger partial charge in [0.05, 0.1) is 6.21 Å². The van der Waals surface area contributed by atoms with Crippen LogP contribution in [0.25, 0.3) is 0 Å². The maximum Gasteiger partial charge on any atom is 0.144 e. The smallest absolute Gasteiger partial charge is 0.144 e. The van der Waals surface area contributed by atoms with Crippen LogP contribution in [0.1, 0.15) is 37.5 Å². The Balaban J connectivity index is 1.78. The van der Waals surface area contributed by atoms with Crippen molar-refractivity contribution in [1.82, 2.24) is 0 Å². The molecular formula is C25H27NO3S. The van der Waals surface area contributed by atoms with Crippen molar-refractivity contribution in [3.05, 3.63) is 95.6 Å². The SMILES string of the molecule is CC(C)(C)[S+]([O-])N=Cc1ccc(OCc2ccccc2)cc1OCc1ccccc1. The lowest BCUT2D eigenvalue weighted by Gasteiger charge is -2.18. The lowest BCUT2D eigenvalue weighted by molar-refractivity contribution is 0.289. The number of rotatable bonds is 8. The molecule has 1 unspecified atom stereocenters. The molecule has 0 radical (unpaired) electrons. The Morgan fingerprint density at radius 2 is 1.40 bits per heavy atom. The zero-order valence-electron chi connectivity index (χ0n) is 17.6. The summed E-state index contributed by atoms with van der Waals surface area (Å²) in [7, 11) is 0. The fourth-order valence-electron chi connectivity index (χ4n) is 2.58. The Morgan fingerprint density at radius 1 is 0.833 bits per heavy atom. The summed E-state index contributed by atoms with van der Waals surface area (Å²) in [6.07, 6.45) is 1.61. The maximum absolute atomic E-state index is 12.3. The van der Waals surface area contributed by atoms with E-state index in [9.17, 15) is 4.55 Å². The molecule has 3 aromatic carbocycles. The van der Waals surface area contributed by atoms with Crippen LogP contribution >= 0.6 is 0 Å². The van der Waals surface area contributed by atoms with Crippen LogP contribution in [0.4, 0.5) is 0 Å². The van der Waals surface area contributed by atoms with Crippen molar-refractivity contribution >= 4 is 17.6 Å². The van der Waals surface area contributed by atoms with Gasteiger partial charge in [0, 0.05) is 11.6 Å². The molecular weight excluding hydrogens is 394 g/mol. The van der Waals surface area contributed by atoms with E-state index in [4.69, 9.17) is 9.47 Å². The molecule has 5 heteroatoms. The number of hydrogen-bond acceptors (Lipinski definition) is 4. The van der Waals surface area contributed by atoms with E-state index in [0.29, 0.717) is 24.7 Å². The lowest BCUT2D eigenvalue weighted by atomic mass is 10.2. The van der Waals surface area contributed by atoms with Crippen LogP contribution in [0.2, 0.25) is 0 Å². The van der Waals surface area contributed by atoms with Crippen molar-refractivity contribution in [2.75, 3.05) is 0 Å². The van der Waals surface area contributed by atoms with Crippen LogP contribution in [0.3, 0.4) is 0 Å². The van der Waals surface area contributed by atoms with Crippen LogP contribution in [0.15, 0.2) is 83.3 Å². The average molecular weight is 422 g/mol. The molecule has 0 heterocycles. The highest BCUT2D eigenvalue weighted by Crippen LogP contribution is 2.26. The van der Waals surface area contributed by atoms with E-state index in [-0.39, 0.29) is 0 Å². The van der Waals surface area contributed by atoms with E-state index in [2.05, 4.69) is 4.40 Å². The summed E-state index contributed by atoms with van der Waals surface area (Å²) in [6, 6.07) is 25.6. The Morgan fingerprint density at radius 3 is 1.97 bits per heavy atom. The predicted molar refractivity (Wildman–Crippen MR) is 123 cm³/mol. The molecule has 0 bridgehead atoms. The number of hydrogen-bond donors (Lipinski definition) is 0. The molecule has 0 spiro atoms. The zero-order chi connectivity index (χ0) is 21.4. The highest BCUT2D eigenvalue weighted by atomic mass is 32.2. The van der Waals surface area contributed by atoms with Crippen LogP contribution in [0.5, 0.6) is 11.5 Å². The highest BCUT2D eigenvalue weighted by molar-refractivity contribution is 7.91. The molecule has 156 valence electrons. The second-order valence-corrected chi connectivity index (χ2v) is 9.78. The summed E-state index contributed by atoms with van der Waals surface area (Å²) < 4.78 is 28.1. The number of ether oxygens (including phenoxy) is 2. The largest absolute Gasteiger partial charge is 0.591 e. The van der Waals surface area contributed by atoms with Crippen molar-refractivity contribution in [1.29, 1.82) is 0 Å². The van der Waals surface area contributed by atoms with Gasteiger partial charge >= 0.3 is 0 Å². The van der Waals surface area contributed by atoms with Gasteiger partial charge in [-0.15, -0.1) is 0 Å². The Bertz CT molecular complexity index is 953. The fourth-order valence-corrected chi connectivity index (χ4v) is 3.10. The van der Waals surface area contributed by atoms with E-state index in [1.165, 1.54) is 0 Å². The summed E-state index contributed by atoms with van der Waals surface area (Å²) in [5.74, 6) is 1.34. The molecule has 0 aliphatic rings. The average Bonchev–Trinajstić information content (AvgIpc) is 2.76. The fraction of sp³-hybridized carbons (Fsp3) is 0.240. The van der Waals surface area contributed by atoms with Crippen molar-refractivity contribution in [2.24, 2.45) is 4.40 Å². The summed E-state index contributed by atoms with van der Waals surface area (Å²) >= 11 is -1.34. The second-order valence-electron chi connectivity index (χ2n) is 7.84. The molecule has 3 rings (SSSR count). The van der Waals surface area contributed by atoms with E-state index in [0.717, 1.165) is 16.7 Å². The minimum atomic E-state index is -1.34. The number of nitrogens with zero attached hydrogens (tertiary/aromatic N) is 1. The molecule has 0 aliphatic carbocycles. The zero-order valence-corrected chi connectivity index (χ0v) is 18.4. The predicted octanol–water partition coefficient (Wildman–Crippen LogP) is 5.73. The van der Waals surface area contributed by atoms with Gasteiger partial charge in [-0.05, 0) is 44.0 Å². The van der Waals surface area contributed by atoms with Crippen LogP contribution in [-0.4, -0.2) is 15.5 Å². The quantitative estimate of drug-likeness (QED) is 0.345. The third-order valence-electron chi connectivity index (χ3n) is 4.28. The third kappa shape index (κ3) is 6.65. The van der Waals surface area contributed by atoms with E-state index < -0.39 is 16.1 Å². The Labute approximate surface area is 181 Å². The Kier molecular flexibility index (Phi) is 7.55. The van der Waals surface area contributed by atoms with Crippen molar-refractivity contribution < 1.29 is 14.0 Å². The topological polar surface area (TPSA) is 53.9 Å². The van der Waals surface area contributed by atoms with Gasteiger partial charge in [0.15, 0.2) is 0 Å². The van der Waals surface area contributed by atoms with E-state index in [1.807, 2.05) is 99.6 Å².